The van der Waals surface area contributed by atoms with E-state index in [1.165, 1.54) is 0 Å². The highest BCUT2D eigenvalue weighted by atomic mass is 16.5. The van der Waals surface area contributed by atoms with E-state index in [9.17, 15) is 4.79 Å². The molecule has 0 saturated carbocycles. The summed E-state index contributed by atoms with van der Waals surface area (Å²) in [5.41, 5.74) is 1.05. The summed E-state index contributed by atoms with van der Waals surface area (Å²) in [6, 6.07) is 1.87. The summed E-state index contributed by atoms with van der Waals surface area (Å²) >= 11 is 0. The third-order valence-electron chi connectivity index (χ3n) is 4.05. The number of aromatic nitrogens is 2. The van der Waals surface area contributed by atoms with Crippen LogP contribution in [0.15, 0.2) is 12.3 Å². The van der Waals surface area contributed by atoms with Gasteiger partial charge in [0.15, 0.2) is 5.82 Å². The number of nitrogens with zero attached hydrogens (tertiary/aromatic N) is 3. The largest absolute Gasteiger partial charge is 0.377 e. The third kappa shape index (κ3) is 3.98. The van der Waals surface area contributed by atoms with Crippen LogP contribution in [0.3, 0.4) is 0 Å². The summed E-state index contributed by atoms with van der Waals surface area (Å²) < 4.78 is 5.09. The minimum Gasteiger partial charge on any atom is -0.377 e. The minimum absolute atomic E-state index is 0.0680. The van der Waals surface area contributed by atoms with Crippen LogP contribution in [0.4, 0.5) is 0 Å². The number of carbonyl (C=O) groups excluding carboxylic acids is 1. The molecule has 1 aromatic heterocycles. The van der Waals surface area contributed by atoms with Crippen LogP contribution in [0.25, 0.3) is 0 Å². The highest BCUT2D eigenvalue weighted by molar-refractivity contribution is 5.80. The Labute approximate surface area is 125 Å². The van der Waals surface area contributed by atoms with Crippen LogP contribution in [0.5, 0.6) is 0 Å². The fourth-order valence-electron chi connectivity index (χ4n) is 2.82. The average Bonchev–Trinajstić information content (AvgIpc) is 2.54. The number of carbonyl (C=O) groups is 1. The third-order valence-corrected chi connectivity index (χ3v) is 4.05. The van der Waals surface area contributed by atoms with Gasteiger partial charge in [-0.1, -0.05) is 0 Å². The molecule has 1 saturated heterocycles. The molecule has 0 aromatic carbocycles. The Morgan fingerprint density at radius 2 is 2.43 bits per heavy atom. The molecule has 0 unspecified atom stereocenters. The van der Waals surface area contributed by atoms with E-state index in [1.807, 2.05) is 13.0 Å². The van der Waals surface area contributed by atoms with Crippen LogP contribution in [0.2, 0.25) is 0 Å². The van der Waals surface area contributed by atoms with Crippen molar-refractivity contribution >= 4 is 5.91 Å². The smallest absolute Gasteiger partial charge is 0.236 e. The molecule has 1 aliphatic rings. The lowest BCUT2D eigenvalue weighted by Crippen LogP contribution is -2.48. The average molecular weight is 292 g/mol. The molecule has 6 heteroatoms. The number of likely N-dealkylation sites (tertiary alicyclic amines) is 1. The quantitative estimate of drug-likeness (QED) is 0.874. The molecule has 1 amide bonds. The number of amides is 1. The maximum absolute atomic E-state index is 11.8. The van der Waals surface area contributed by atoms with Crippen LogP contribution < -0.4 is 5.32 Å². The lowest BCUT2D eigenvalue weighted by Gasteiger charge is -2.35. The number of hydrogen-bond acceptors (Lipinski definition) is 5. The van der Waals surface area contributed by atoms with Crippen molar-refractivity contribution in [2.75, 3.05) is 27.2 Å². The number of likely N-dealkylation sites (N-methyl/N-ethyl adjacent to an activating group) is 1. The van der Waals surface area contributed by atoms with Gasteiger partial charge in [-0.3, -0.25) is 9.69 Å². The first kappa shape index (κ1) is 15.9. The second kappa shape index (κ2) is 7.47. The van der Waals surface area contributed by atoms with E-state index in [1.54, 1.807) is 20.4 Å². The summed E-state index contributed by atoms with van der Waals surface area (Å²) in [7, 11) is 3.32. The van der Waals surface area contributed by atoms with E-state index in [4.69, 9.17) is 4.74 Å². The Bertz CT molecular complexity index is 480. The van der Waals surface area contributed by atoms with Gasteiger partial charge in [-0.15, -0.1) is 0 Å². The van der Waals surface area contributed by atoms with Gasteiger partial charge in [0.25, 0.3) is 0 Å². The van der Waals surface area contributed by atoms with E-state index in [0.29, 0.717) is 18.3 Å². The van der Waals surface area contributed by atoms with E-state index in [2.05, 4.69) is 20.2 Å². The molecule has 116 valence electrons. The lowest BCUT2D eigenvalue weighted by atomic mass is 9.93. The molecule has 2 heterocycles. The number of ether oxygens (including phenoxy) is 1. The zero-order chi connectivity index (χ0) is 15.2. The Hall–Kier alpha value is -1.53. The van der Waals surface area contributed by atoms with Crippen LogP contribution in [-0.2, 0) is 16.1 Å². The zero-order valence-electron chi connectivity index (χ0n) is 13.0. The molecular weight excluding hydrogens is 268 g/mol. The zero-order valence-corrected chi connectivity index (χ0v) is 13.0. The number of nitrogens with one attached hydrogen (secondary N) is 1. The molecule has 1 N–H and O–H groups in total. The summed E-state index contributed by atoms with van der Waals surface area (Å²) in [6.07, 6.45) is 3.97. The number of piperidine rings is 1. The van der Waals surface area contributed by atoms with Crippen molar-refractivity contribution < 1.29 is 9.53 Å². The number of methoxy groups -OCH3 is 1. The van der Waals surface area contributed by atoms with Crippen molar-refractivity contribution in [1.29, 1.82) is 0 Å². The summed E-state index contributed by atoms with van der Waals surface area (Å²) in [6.45, 7) is 4.20. The van der Waals surface area contributed by atoms with Gasteiger partial charge in [-0.05, 0) is 32.4 Å². The highest BCUT2D eigenvalue weighted by Crippen LogP contribution is 2.26. The summed E-state index contributed by atoms with van der Waals surface area (Å²) in [5, 5.41) is 2.72. The van der Waals surface area contributed by atoms with Gasteiger partial charge < -0.3 is 10.1 Å². The van der Waals surface area contributed by atoms with Crippen molar-refractivity contribution in [1.82, 2.24) is 20.2 Å². The lowest BCUT2D eigenvalue weighted by molar-refractivity contribution is -0.125. The fraction of sp³-hybridized carbons (Fsp3) is 0.667. The molecule has 1 aromatic rings. The molecule has 2 atom stereocenters. The van der Waals surface area contributed by atoms with Crippen molar-refractivity contribution in [3.63, 3.8) is 0 Å². The topological polar surface area (TPSA) is 67.4 Å². The molecule has 0 bridgehead atoms. The summed E-state index contributed by atoms with van der Waals surface area (Å²) in [4.78, 5) is 22.8. The second-order valence-corrected chi connectivity index (χ2v) is 5.46. The highest BCUT2D eigenvalue weighted by Gasteiger charge is 2.28. The predicted octanol–water partition coefficient (Wildman–Crippen LogP) is 0.937. The van der Waals surface area contributed by atoms with Gasteiger partial charge in [0, 0.05) is 38.5 Å². The molecule has 0 spiro atoms. The van der Waals surface area contributed by atoms with Gasteiger partial charge in [-0.25, -0.2) is 9.97 Å². The molecule has 0 aliphatic carbocycles. The van der Waals surface area contributed by atoms with E-state index >= 15 is 0 Å². The van der Waals surface area contributed by atoms with Gasteiger partial charge in [-0.2, -0.15) is 0 Å². The van der Waals surface area contributed by atoms with E-state index in [0.717, 1.165) is 31.6 Å². The Balaban J connectivity index is 2.06. The molecule has 21 heavy (non-hydrogen) atoms. The van der Waals surface area contributed by atoms with Gasteiger partial charge in [0.2, 0.25) is 5.91 Å². The summed E-state index contributed by atoms with van der Waals surface area (Å²) in [5.74, 6) is 1.13. The van der Waals surface area contributed by atoms with Crippen molar-refractivity contribution in [2.24, 2.45) is 0 Å². The van der Waals surface area contributed by atoms with Crippen molar-refractivity contribution in [2.45, 2.75) is 38.3 Å². The van der Waals surface area contributed by atoms with Crippen LogP contribution >= 0.6 is 0 Å². The SMILES string of the molecule is CNC(=O)[C@H](C)N1CCC[C@H](c2ccnc(COC)n2)C1. The number of hydrogen-bond donors (Lipinski definition) is 1. The first-order valence-electron chi connectivity index (χ1n) is 7.42. The first-order valence-corrected chi connectivity index (χ1v) is 7.42. The monoisotopic (exact) mass is 292 g/mol. The standard InChI is InChI=1S/C15H24N4O2/c1-11(15(20)16-2)19-8-4-5-12(9-19)13-6-7-17-14(18-13)10-21-3/h6-7,11-12H,4-5,8-10H2,1-3H3,(H,16,20)/t11-,12-/m0/s1. The van der Waals surface area contributed by atoms with Crippen molar-refractivity contribution in [3.8, 4) is 0 Å². The molecule has 6 nitrogen and oxygen atoms in total. The second-order valence-electron chi connectivity index (χ2n) is 5.46. The Kier molecular flexibility index (Phi) is 5.64. The van der Waals surface area contributed by atoms with Crippen LogP contribution in [0.1, 0.15) is 37.2 Å². The van der Waals surface area contributed by atoms with Crippen LogP contribution in [-0.4, -0.2) is 54.1 Å². The fourth-order valence-corrected chi connectivity index (χ4v) is 2.82. The maximum Gasteiger partial charge on any atom is 0.236 e. The Morgan fingerprint density at radius 3 is 3.14 bits per heavy atom. The van der Waals surface area contributed by atoms with E-state index < -0.39 is 0 Å². The molecule has 1 aliphatic heterocycles. The van der Waals surface area contributed by atoms with Gasteiger partial charge in [0.1, 0.15) is 6.61 Å². The van der Waals surface area contributed by atoms with Gasteiger partial charge in [0.05, 0.1) is 6.04 Å². The van der Waals surface area contributed by atoms with E-state index in [-0.39, 0.29) is 11.9 Å². The normalized spacial score (nSPS) is 21.0. The molecule has 1 fully saturated rings. The Morgan fingerprint density at radius 1 is 1.62 bits per heavy atom. The first-order chi connectivity index (χ1) is 10.2. The molecule has 2 rings (SSSR count). The van der Waals surface area contributed by atoms with Gasteiger partial charge >= 0.3 is 0 Å². The molecule has 0 radical (unpaired) electrons. The maximum atomic E-state index is 11.8. The molecular formula is C15H24N4O2. The minimum atomic E-state index is -0.0990. The number of rotatable bonds is 5. The predicted molar refractivity (Wildman–Crippen MR) is 79.8 cm³/mol. The van der Waals surface area contributed by atoms with Crippen LogP contribution in [0, 0.1) is 0 Å². The van der Waals surface area contributed by atoms with Crippen molar-refractivity contribution in [3.05, 3.63) is 23.8 Å².